The summed E-state index contributed by atoms with van der Waals surface area (Å²) in [5.74, 6) is 0.663. The summed E-state index contributed by atoms with van der Waals surface area (Å²) >= 11 is 0. The smallest absolute Gasteiger partial charge is 0.243 e. The summed E-state index contributed by atoms with van der Waals surface area (Å²) in [5.41, 5.74) is 0.564. The monoisotopic (exact) mass is 322 g/mol. The van der Waals surface area contributed by atoms with Gasteiger partial charge in [-0.15, -0.1) is 0 Å². The second kappa shape index (κ2) is 8.47. The molecule has 0 spiro atoms. The van der Waals surface area contributed by atoms with E-state index in [0.29, 0.717) is 17.6 Å². The first kappa shape index (κ1) is 17.2. The lowest BCUT2D eigenvalue weighted by molar-refractivity contribution is -0.115. The zero-order valence-electron chi connectivity index (χ0n) is 13.5. The Kier molecular flexibility index (Phi) is 6.34. The van der Waals surface area contributed by atoms with Gasteiger partial charge in [-0.2, -0.15) is 0 Å². The zero-order valence-corrected chi connectivity index (χ0v) is 13.5. The number of anilines is 1. The van der Waals surface area contributed by atoms with Crippen molar-refractivity contribution in [3.63, 3.8) is 0 Å². The lowest BCUT2D eigenvalue weighted by Gasteiger charge is -2.21. The van der Waals surface area contributed by atoms with Crippen LogP contribution in [0.5, 0.6) is 0 Å². The Balaban J connectivity index is 1.79. The largest absolute Gasteiger partial charge is 0.384 e. The van der Waals surface area contributed by atoms with E-state index in [1.807, 2.05) is 0 Å². The number of nitrogens with zero attached hydrogens (tertiary/aromatic N) is 2. The van der Waals surface area contributed by atoms with Gasteiger partial charge < -0.3 is 20.3 Å². The van der Waals surface area contributed by atoms with E-state index in [0.717, 1.165) is 26.1 Å². The second-order valence-electron chi connectivity index (χ2n) is 5.51. The molecule has 1 aromatic rings. The van der Waals surface area contributed by atoms with Crippen molar-refractivity contribution in [3.8, 4) is 0 Å². The maximum atomic E-state index is 12.8. The number of amides is 1. The van der Waals surface area contributed by atoms with Crippen molar-refractivity contribution in [2.75, 3.05) is 45.7 Å². The molecule has 1 amide bonds. The van der Waals surface area contributed by atoms with Gasteiger partial charge in [0.1, 0.15) is 5.82 Å². The van der Waals surface area contributed by atoms with Gasteiger partial charge in [0, 0.05) is 38.9 Å². The molecule has 2 rings (SSSR count). The second-order valence-corrected chi connectivity index (χ2v) is 5.51. The molecule has 1 unspecified atom stereocenters. The topological polar surface area (TPSA) is 66.0 Å². The van der Waals surface area contributed by atoms with Gasteiger partial charge in [0.2, 0.25) is 5.91 Å². The molecule has 0 radical (unpaired) electrons. The third kappa shape index (κ3) is 5.21. The van der Waals surface area contributed by atoms with Gasteiger partial charge in [0.15, 0.2) is 5.96 Å². The first-order valence-corrected chi connectivity index (χ1v) is 7.62. The van der Waals surface area contributed by atoms with Gasteiger partial charge in [0.05, 0.1) is 13.2 Å². The summed E-state index contributed by atoms with van der Waals surface area (Å²) in [5, 5.41) is 5.76. The Labute approximate surface area is 135 Å². The van der Waals surface area contributed by atoms with E-state index in [1.165, 1.54) is 24.3 Å². The number of hydrogen-bond acceptors (Lipinski definition) is 3. The van der Waals surface area contributed by atoms with Crippen LogP contribution in [0.3, 0.4) is 0 Å². The minimum Gasteiger partial charge on any atom is -0.384 e. The van der Waals surface area contributed by atoms with E-state index in [4.69, 9.17) is 4.74 Å². The number of guanidine groups is 1. The molecular weight excluding hydrogens is 299 g/mol. The summed E-state index contributed by atoms with van der Waals surface area (Å²) in [7, 11) is 3.40. The standard InChI is InChI=1S/C16H23FN4O2/c1-18-16(21-8-7-12(10-21)11-23-2)19-9-15(22)20-14-5-3-13(17)4-6-14/h3-6,12H,7-11H2,1-2H3,(H,18,19)(H,20,22). The van der Waals surface area contributed by atoms with Crippen molar-refractivity contribution in [2.45, 2.75) is 6.42 Å². The third-order valence-corrected chi connectivity index (χ3v) is 3.73. The van der Waals surface area contributed by atoms with Gasteiger partial charge in [-0.1, -0.05) is 0 Å². The van der Waals surface area contributed by atoms with Crippen molar-refractivity contribution in [1.82, 2.24) is 10.2 Å². The summed E-state index contributed by atoms with van der Waals surface area (Å²) in [6, 6.07) is 5.67. The third-order valence-electron chi connectivity index (χ3n) is 3.73. The summed E-state index contributed by atoms with van der Waals surface area (Å²) < 4.78 is 18.0. The van der Waals surface area contributed by atoms with Crippen LogP contribution in [-0.4, -0.2) is 57.2 Å². The number of carbonyl (C=O) groups is 1. The highest BCUT2D eigenvalue weighted by atomic mass is 19.1. The quantitative estimate of drug-likeness (QED) is 0.634. The average molecular weight is 322 g/mol. The highest BCUT2D eigenvalue weighted by Crippen LogP contribution is 2.16. The lowest BCUT2D eigenvalue weighted by Crippen LogP contribution is -2.43. The van der Waals surface area contributed by atoms with Crippen LogP contribution in [0.2, 0.25) is 0 Å². The normalized spacial score (nSPS) is 18.1. The van der Waals surface area contributed by atoms with Crippen LogP contribution in [0.1, 0.15) is 6.42 Å². The number of likely N-dealkylation sites (tertiary alicyclic amines) is 1. The predicted molar refractivity (Wildman–Crippen MR) is 87.9 cm³/mol. The van der Waals surface area contributed by atoms with Crippen molar-refractivity contribution in [2.24, 2.45) is 10.9 Å². The van der Waals surface area contributed by atoms with E-state index in [9.17, 15) is 9.18 Å². The van der Waals surface area contributed by atoms with Crippen molar-refractivity contribution >= 4 is 17.6 Å². The maximum absolute atomic E-state index is 12.8. The molecule has 1 saturated heterocycles. The van der Waals surface area contributed by atoms with Crippen LogP contribution in [-0.2, 0) is 9.53 Å². The maximum Gasteiger partial charge on any atom is 0.243 e. The van der Waals surface area contributed by atoms with Crippen LogP contribution >= 0.6 is 0 Å². The van der Waals surface area contributed by atoms with Gasteiger partial charge in [-0.25, -0.2) is 4.39 Å². The van der Waals surface area contributed by atoms with E-state index >= 15 is 0 Å². The van der Waals surface area contributed by atoms with Crippen LogP contribution in [0, 0.1) is 11.7 Å². The number of carbonyl (C=O) groups excluding carboxylic acids is 1. The van der Waals surface area contributed by atoms with E-state index in [2.05, 4.69) is 20.5 Å². The van der Waals surface area contributed by atoms with Crippen LogP contribution in [0.4, 0.5) is 10.1 Å². The highest BCUT2D eigenvalue weighted by molar-refractivity contribution is 5.95. The number of halogens is 1. The molecule has 6 nitrogen and oxygen atoms in total. The fourth-order valence-corrected chi connectivity index (χ4v) is 2.63. The minimum atomic E-state index is -0.332. The molecule has 7 heteroatoms. The molecule has 0 bridgehead atoms. The van der Waals surface area contributed by atoms with Crippen molar-refractivity contribution in [3.05, 3.63) is 30.1 Å². The van der Waals surface area contributed by atoms with Crippen LogP contribution in [0.25, 0.3) is 0 Å². The number of hydrogen-bond donors (Lipinski definition) is 2. The molecule has 0 aromatic heterocycles. The van der Waals surface area contributed by atoms with Gasteiger partial charge in [0.25, 0.3) is 0 Å². The molecule has 2 N–H and O–H groups in total. The number of rotatable bonds is 5. The fourth-order valence-electron chi connectivity index (χ4n) is 2.63. The van der Waals surface area contributed by atoms with Crippen molar-refractivity contribution in [1.29, 1.82) is 0 Å². The number of ether oxygens (including phenoxy) is 1. The van der Waals surface area contributed by atoms with E-state index in [1.54, 1.807) is 14.2 Å². The molecule has 1 heterocycles. The average Bonchev–Trinajstić information content (AvgIpc) is 2.99. The van der Waals surface area contributed by atoms with Gasteiger partial charge >= 0.3 is 0 Å². The van der Waals surface area contributed by atoms with Gasteiger partial charge in [-0.05, 0) is 30.7 Å². The molecule has 1 aromatic carbocycles. The Bertz CT molecular complexity index is 548. The van der Waals surface area contributed by atoms with Crippen molar-refractivity contribution < 1.29 is 13.9 Å². The van der Waals surface area contributed by atoms with E-state index < -0.39 is 0 Å². The van der Waals surface area contributed by atoms with Gasteiger partial charge in [-0.3, -0.25) is 9.79 Å². The van der Waals surface area contributed by atoms with Crippen LogP contribution < -0.4 is 10.6 Å². The first-order valence-electron chi connectivity index (χ1n) is 7.62. The highest BCUT2D eigenvalue weighted by Gasteiger charge is 2.24. The summed E-state index contributed by atoms with van der Waals surface area (Å²) in [6.45, 7) is 2.61. The molecule has 0 saturated carbocycles. The molecule has 1 aliphatic heterocycles. The Morgan fingerprint density at radius 3 is 2.83 bits per heavy atom. The first-order chi connectivity index (χ1) is 11.1. The number of benzene rings is 1. The Hall–Kier alpha value is -2.15. The molecule has 1 fully saturated rings. The number of aliphatic imine (C=N–C) groups is 1. The Morgan fingerprint density at radius 1 is 1.43 bits per heavy atom. The Morgan fingerprint density at radius 2 is 2.17 bits per heavy atom. The minimum absolute atomic E-state index is 0.107. The summed E-state index contributed by atoms with van der Waals surface area (Å²) in [4.78, 5) is 18.3. The number of nitrogens with one attached hydrogen (secondary N) is 2. The fraction of sp³-hybridized carbons (Fsp3) is 0.500. The lowest BCUT2D eigenvalue weighted by atomic mass is 10.1. The number of methoxy groups -OCH3 is 1. The predicted octanol–water partition coefficient (Wildman–Crippen LogP) is 1.31. The molecule has 23 heavy (non-hydrogen) atoms. The molecule has 0 aliphatic carbocycles. The molecular formula is C16H23FN4O2. The zero-order chi connectivity index (χ0) is 16.7. The molecule has 1 atom stereocenters. The molecule has 126 valence electrons. The van der Waals surface area contributed by atoms with E-state index in [-0.39, 0.29) is 18.3 Å². The van der Waals surface area contributed by atoms with Crippen LogP contribution in [0.15, 0.2) is 29.3 Å². The SMILES string of the molecule is CN=C(NCC(=O)Nc1ccc(F)cc1)N1CCC(COC)C1. The summed E-state index contributed by atoms with van der Waals surface area (Å²) in [6.07, 6.45) is 1.05. The molecule has 1 aliphatic rings.